The van der Waals surface area contributed by atoms with E-state index in [4.69, 9.17) is 4.74 Å². The first-order valence-electron chi connectivity index (χ1n) is 4.54. The average molecular weight is 207 g/mol. The van der Waals surface area contributed by atoms with Gasteiger partial charge in [-0.15, -0.1) is 0 Å². The molecule has 0 aliphatic rings. The number of hydrogen-bond acceptors (Lipinski definition) is 3. The van der Waals surface area contributed by atoms with Gasteiger partial charge in [0.2, 0.25) is 0 Å². The van der Waals surface area contributed by atoms with Gasteiger partial charge in [0, 0.05) is 36.5 Å². The highest BCUT2D eigenvalue weighted by Crippen LogP contribution is 2.10. The Morgan fingerprint density at radius 3 is 2.46 bits per heavy atom. The molecule has 1 N–H and O–H groups in total. The third kappa shape index (κ3) is 8.40. The van der Waals surface area contributed by atoms with Crippen molar-refractivity contribution >= 4 is 10.8 Å². The molecule has 0 aliphatic carbocycles. The Labute approximate surface area is 83.7 Å². The fourth-order valence-electron chi connectivity index (χ4n) is 0.832. The van der Waals surface area contributed by atoms with Crippen LogP contribution in [0, 0.1) is 0 Å². The van der Waals surface area contributed by atoms with Crippen LogP contribution in [0.1, 0.15) is 20.3 Å². The zero-order chi connectivity index (χ0) is 10.3. The monoisotopic (exact) mass is 207 g/mol. The SMILES string of the molecule is COC(C)(C)CCNCCS(C)=O. The molecule has 0 aromatic heterocycles. The van der Waals surface area contributed by atoms with E-state index in [1.165, 1.54) is 0 Å². The maximum atomic E-state index is 10.7. The molecule has 0 bridgehead atoms. The molecule has 1 atom stereocenters. The minimum Gasteiger partial charge on any atom is -0.379 e. The minimum atomic E-state index is -0.686. The quantitative estimate of drug-likeness (QED) is 0.627. The molecule has 0 heterocycles. The minimum absolute atomic E-state index is 0.0572. The van der Waals surface area contributed by atoms with E-state index in [2.05, 4.69) is 19.2 Å². The van der Waals surface area contributed by atoms with Crippen LogP contribution < -0.4 is 5.32 Å². The van der Waals surface area contributed by atoms with Crippen molar-refractivity contribution in [2.24, 2.45) is 0 Å². The molecule has 0 aliphatic heterocycles. The fourth-order valence-corrected chi connectivity index (χ4v) is 1.26. The Hall–Kier alpha value is 0.0700. The lowest BCUT2D eigenvalue weighted by Crippen LogP contribution is -2.30. The zero-order valence-corrected chi connectivity index (χ0v) is 9.87. The Bertz CT molecular complexity index is 160. The number of ether oxygens (including phenoxy) is 1. The molecule has 80 valence electrons. The van der Waals surface area contributed by atoms with Gasteiger partial charge >= 0.3 is 0 Å². The summed E-state index contributed by atoms with van der Waals surface area (Å²) < 4.78 is 16.0. The first-order chi connectivity index (χ1) is 5.98. The smallest absolute Gasteiger partial charge is 0.0634 e. The van der Waals surface area contributed by atoms with E-state index in [1.807, 2.05) is 0 Å². The van der Waals surface area contributed by atoms with Gasteiger partial charge in [-0.1, -0.05) is 0 Å². The summed E-state index contributed by atoms with van der Waals surface area (Å²) in [6.07, 6.45) is 2.70. The summed E-state index contributed by atoms with van der Waals surface area (Å²) in [5.41, 5.74) is -0.0572. The second-order valence-electron chi connectivity index (χ2n) is 3.74. The van der Waals surface area contributed by atoms with Gasteiger partial charge in [-0.05, 0) is 26.8 Å². The van der Waals surface area contributed by atoms with E-state index in [1.54, 1.807) is 13.4 Å². The summed E-state index contributed by atoms with van der Waals surface area (Å²) in [7, 11) is 1.04. The fraction of sp³-hybridized carbons (Fsp3) is 1.00. The van der Waals surface area contributed by atoms with Crippen LogP contribution in [0.15, 0.2) is 0 Å². The molecule has 0 aromatic rings. The van der Waals surface area contributed by atoms with Crippen molar-refractivity contribution in [3.05, 3.63) is 0 Å². The van der Waals surface area contributed by atoms with Crippen molar-refractivity contribution in [2.75, 3.05) is 32.2 Å². The molecule has 4 heteroatoms. The van der Waals surface area contributed by atoms with Crippen LogP contribution in [0.4, 0.5) is 0 Å². The van der Waals surface area contributed by atoms with Gasteiger partial charge in [0.1, 0.15) is 0 Å². The standard InChI is InChI=1S/C9H21NO2S/c1-9(2,12-3)5-6-10-7-8-13(4)11/h10H,5-8H2,1-4H3. The van der Waals surface area contributed by atoms with Crippen molar-refractivity contribution in [1.82, 2.24) is 5.32 Å². The molecule has 0 amide bonds. The van der Waals surface area contributed by atoms with Crippen LogP contribution in [-0.2, 0) is 15.5 Å². The predicted octanol–water partition coefficient (Wildman–Crippen LogP) is 0.770. The molecular weight excluding hydrogens is 186 g/mol. The summed E-state index contributed by atoms with van der Waals surface area (Å²) in [4.78, 5) is 0. The van der Waals surface area contributed by atoms with E-state index in [-0.39, 0.29) is 5.60 Å². The summed E-state index contributed by atoms with van der Waals surface area (Å²) in [5.74, 6) is 0.730. The van der Waals surface area contributed by atoms with Crippen molar-refractivity contribution < 1.29 is 8.95 Å². The van der Waals surface area contributed by atoms with Gasteiger partial charge < -0.3 is 10.1 Å². The van der Waals surface area contributed by atoms with Crippen LogP contribution >= 0.6 is 0 Å². The van der Waals surface area contributed by atoms with Crippen molar-refractivity contribution in [2.45, 2.75) is 25.9 Å². The van der Waals surface area contributed by atoms with Gasteiger partial charge in [-0.25, -0.2) is 0 Å². The Morgan fingerprint density at radius 2 is 2.00 bits per heavy atom. The zero-order valence-electron chi connectivity index (χ0n) is 9.05. The highest BCUT2D eigenvalue weighted by Gasteiger charge is 2.14. The Kier molecular flexibility index (Phi) is 6.55. The van der Waals surface area contributed by atoms with E-state index in [0.717, 1.165) is 25.3 Å². The van der Waals surface area contributed by atoms with Gasteiger partial charge in [0.25, 0.3) is 0 Å². The molecule has 0 spiro atoms. The third-order valence-corrected chi connectivity index (χ3v) is 2.80. The van der Waals surface area contributed by atoms with Crippen LogP contribution in [-0.4, -0.2) is 42.0 Å². The molecular formula is C9H21NO2S. The second kappa shape index (κ2) is 6.51. The maximum Gasteiger partial charge on any atom is 0.0634 e. The summed E-state index contributed by atoms with van der Waals surface area (Å²) in [6.45, 7) is 5.86. The largest absolute Gasteiger partial charge is 0.379 e. The van der Waals surface area contributed by atoms with Gasteiger partial charge in [0.05, 0.1) is 5.60 Å². The number of nitrogens with one attached hydrogen (secondary N) is 1. The van der Waals surface area contributed by atoms with Crippen molar-refractivity contribution in [1.29, 1.82) is 0 Å². The highest BCUT2D eigenvalue weighted by atomic mass is 32.2. The number of methoxy groups -OCH3 is 1. The van der Waals surface area contributed by atoms with Crippen LogP contribution in [0.3, 0.4) is 0 Å². The molecule has 0 fully saturated rings. The summed E-state index contributed by atoms with van der Waals surface area (Å²) in [5, 5.41) is 3.23. The third-order valence-electron chi connectivity index (χ3n) is 2.02. The van der Waals surface area contributed by atoms with Gasteiger partial charge in [-0.2, -0.15) is 0 Å². The molecule has 13 heavy (non-hydrogen) atoms. The molecule has 0 saturated heterocycles. The molecule has 3 nitrogen and oxygen atoms in total. The molecule has 1 unspecified atom stereocenters. The maximum absolute atomic E-state index is 10.7. The molecule has 0 aromatic carbocycles. The molecule has 0 rings (SSSR count). The van der Waals surface area contributed by atoms with E-state index >= 15 is 0 Å². The Morgan fingerprint density at radius 1 is 1.38 bits per heavy atom. The highest BCUT2D eigenvalue weighted by molar-refractivity contribution is 7.84. The summed E-state index contributed by atoms with van der Waals surface area (Å²) >= 11 is 0. The normalized spacial score (nSPS) is 14.5. The lowest BCUT2D eigenvalue weighted by atomic mass is 10.1. The average Bonchev–Trinajstić information content (AvgIpc) is 2.03. The first-order valence-corrected chi connectivity index (χ1v) is 6.26. The topological polar surface area (TPSA) is 38.3 Å². The number of rotatable bonds is 7. The number of hydrogen-bond donors (Lipinski definition) is 1. The van der Waals surface area contributed by atoms with Gasteiger partial charge in [0.15, 0.2) is 0 Å². The van der Waals surface area contributed by atoms with E-state index in [0.29, 0.717) is 0 Å². The van der Waals surface area contributed by atoms with E-state index in [9.17, 15) is 4.21 Å². The van der Waals surface area contributed by atoms with Crippen LogP contribution in [0.25, 0.3) is 0 Å². The Balaban J connectivity index is 3.30. The van der Waals surface area contributed by atoms with Gasteiger partial charge in [-0.3, -0.25) is 4.21 Å². The van der Waals surface area contributed by atoms with Crippen LogP contribution in [0.2, 0.25) is 0 Å². The van der Waals surface area contributed by atoms with Crippen molar-refractivity contribution in [3.63, 3.8) is 0 Å². The molecule has 0 radical (unpaired) electrons. The van der Waals surface area contributed by atoms with Crippen LogP contribution in [0.5, 0.6) is 0 Å². The summed E-state index contributed by atoms with van der Waals surface area (Å²) in [6, 6.07) is 0. The van der Waals surface area contributed by atoms with E-state index < -0.39 is 10.8 Å². The predicted molar refractivity (Wildman–Crippen MR) is 57.5 cm³/mol. The second-order valence-corrected chi connectivity index (χ2v) is 5.30. The van der Waals surface area contributed by atoms with Crippen molar-refractivity contribution in [3.8, 4) is 0 Å². The lowest BCUT2D eigenvalue weighted by Gasteiger charge is -2.22. The lowest BCUT2D eigenvalue weighted by molar-refractivity contribution is 0.0160. The first kappa shape index (κ1) is 13.1. The molecule has 0 saturated carbocycles.